The third kappa shape index (κ3) is 2.64. The van der Waals surface area contributed by atoms with Crippen LogP contribution in [0.1, 0.15) is 16.7 Å². The molecule has 0 spiro atoms. The molecule has 3 heteroatoms. The molecule has 0 N–H and O–H groups in total. The standard InChI is InChI=1S/C29H26N3/c1-19-9-7-10-20(2)28(19)32-27-13-6-5-12-26(27)30(4)29(32)25-17-22-16-24-11-8-14-31(24)18-23(22)15-21(25)3/h5-18H,1-4H3/q+1. The molecule has 3 nitrogen and oxygen atoms in total. The van der Waals surface area contributed by atoms with Gasteiger partial charge in [-0.25, -0.2) is 4.57 Å². The Morgan fingerprint density at radius 3 is 2.31 bits per heavy atom. The van der Waals surface area contributed by atoms with Gasteiger partial charge in [0.15, 0.2) is 11.0 Å². The molecule has 3 aromatic carbocycles. The van der Waals surface area contributed by atoms with Gasteiger partial charge in [-0.1, -0.05) is 30.3 Å². The van der Waals surface area contributed by atoms with Crippen molar-refractivity contribution in [3.8, 4) is 17.1 Å². The van der Waals surface area contributed by atoms with Crippen LogP contribution in [0.25, 0.3) is 44.4 Å². The summed E-state index contributed by atoms with van der Waals surface area (Å²) in [7, 11) is 2.18. The van der Waals surface area contributed by atoms with E-state index in [9.17, 15) is 0 Å². The van der Waals surface area contributed by atoms with E-state index in [0.29, 0.717) is 0 Å². The highest BCUT2D eigenvalue weighted by molar-refractivity contribution is 5.91. The predicted molar refractivity (Wildman–Crippen MR) is 133 cm³/mol. The number of aromatic nitrogens is 3. The van der Waals surface area contributed by atoms with E-state index in [2.05, 4.69) is 127 Å². The van der Waals surface area contributed by atoms with Crippen molar-refractivity contribution in [3.05, 3.63) is 102 Å². The lowest BCUT2D eigenvalue weighted by Gasteiger charge is -2.12. The molecule has 32 heavy (non-hydrogen) atoms. The van der Waals surface area contributed by atoms with Gasteiger partial charge in [0.1, 0.15) is 5.69 Å². The van der Waals surface area contributed by atoms with Crippen molar-refractivity contribution in [2.24, 2.45) is 7.05 Å². The molecule has 0 aliphatic rings. The lowest BCUT2D eigenvalue weighted by molar-refractivity contribution is -0.633. The highest BCUT2D eigenvalue weighted by Crippen LogP contribution is 2.34. The monoisotopic (exact) mass is 416 g/mol. The topological polar surface area (TPSA) is 13.2 Å². The van der Waals surface area contributed by atoms with E-state index >= 15 is 0 Å². The van der Waals surface area contributed by atoms with Gasteiger partial charge in [-0.05, 0) is 90.7 Å². The van der Waals surface area contributed by atoms with E-state index in [1.165, 1.54) is 61.1 Å². The number of benzene rings is 3. The van der Waals surface area contributed by atoms with Crippen LogP contribution >= 0.6 is 0 Å². The van der Waals surface area contributed by atoms with Crippen LogP contribution in [-0.2, 0) is 7.05 Å². The normalized spacial score (nSPS) is 11.8. The number of rotatable bonds is 2. The first-order valence-corrected chi connectivity index (χ1v) is 11.1. The van der Waals surface area contributed by atoms with E-state index in [1.807, 2.05) is 0 Å². The summed E-state index contributed by atoms with van der Waals surface area (Å²) in [5, 5.41) is 2.52. The fraction of sp³-hybridized carbons (Fsp3) is 0.138. The molecule has 0 radical (unpaired) electrons. The van der Waals surface area contributed by atoms with Gasteiger partial charge in [-0.15, -0.1) is 0 Å². The van der Waals surface area contributed by atoms with Crippen molar-refractivity contribution >= 4 is 27.3 Å². The number of nitrogens with zero attached hydrogens (tertiary/aromatic N) is 3. The van der Waals surface area contributed by atoms with Gasteiger partial charge >= 0.3 is 0 Å². The van der Waals surface area contributed by atoms with Crippen LogP contribution < -0.4 is 4.57 Å². The Bertz CT molecular complexity index is 1640. The molecule has 0 fully saturated rings. The zero-order valence-corrected chi connectivity index (χ0v) is 18.9. The molecule has 0 saturated heterocycles. The second-order valence-electron chi connectivity index (χ2n) is 8.86. The quantitative estimate of drug-likeness (QED) is 0.288. The first-order chi connectivity index (χ1) is 15.5. The Morgan fingerprint density at radius 2 is 1.50 bits per heavy atom. The molecule has 6 rings (SSSR count). The first kappa shape index (κ1) is 18.9. The Kier molecular flexibility index (Phi) is 4.03. The zero-order chi connectivity index (χ0) is 22.0. The van der Waals surface area contributed by atoms with Gasteiger partial charge < -0.3 is 4.40 Å². The van der Waals surface area contributed by atoms with Crippen LogP contribution in [0.2, 0.25) is 0 Å². The second-order valence-corrected chi connectivity index (χ2v) is 8.86. The summed E-state index contributed by atoms with van der Waals surface area (Å²) < 4.78 is 6.98. The first-order valence-electron chi connectivity index (χ1n) is 11.1. The van der Waals surface area contributed by atoms with Crippen LogP contribution in [0.15, 0.2) is 85.2 Å². The average Bonchev–Trinajstić information content (AvgIpc) is 3.34. The van der Waals surface area contributed by atoms with Gasteiger partial charge in [0.05, 0.1) is 12.6 Å². The summed E-state index contributed by atoms with van der Waals surface area (Å²) in [5.41, 5.74) is 10.0. The average molecular weight is 417 g/mol. The van der Waals surface area contributed by atoms with E-state index in [-0.39, 0.29) is 0 Å². The molecule has 3 aromatic heterocycles. The van der Waals surface area contributed by atoms with Gasteiger partial charge in [-0.3, -0.25) is 0 Å². The molecule has 3 heterocycles. The molecule has 0 atom stereocenters. The van der Waals surface area contributed by atoms with E-state index < -0.39 is 0 Å². The third-order valence-corrected chi connectivity index (χ3v) is 6.74. The van der Waals surface area contributed by atoms with Gasteiger partial charge in [0.2, 0.25) is 0 Å². The highest BCUT2D eigenvalue weighted by atomic mass is 15.2. The van der Waals surface area contributed by atoms with Crippen LogP contribution in [-0.4, -0.2) is 8.97 Å². The summed E-state index contributed by atoms with van der Waals surface area (Å²) >= 11 is 0. The molecule has 0 saturated carbocycles. The van der Waals surface area contributed by atoms with Crippen LogP contribution in [0.4, 0.5) is 0 Å². The Morgan fingerprint density at radius 1 is 0.719 bits per heavy atom. The maximum Gasteiger partial charge on any atom is 0.295 e. The zero-order valence-electron chi connectivity index (χ0n) is 18.9. The fourth-order valence-corrected chi connectivity index (χ4v) is 5.18. The maximum absolute atomic E-state index is 2.45. The minimum absolute atomic E-state index is 1.21. The largest absolute Gasteiger partial charge is 0.323 e. The van der Waals surface area contributed by atoms with Crippen molar-refractivity contribution in [1.82, 2.24) is 8.97 Å². The molecule has 156 valence electrons. The van der Waals surface area contributed by atoms with E-state index in [0.717, 1.165) is 0 Å². The Balaban J connectivity index is 1.75. The molecule has 0 aliphatic heterocycles. The number of imidazole rings is 1. The Labute approximate surface area is 187 Å². The summed E-state index contributed by atoms with van der Waals surface area (Å²) in [4.78, 5) is 0. The van der Waals surface area contributed by atoms with Crippen molar-refractivity contribution in [2.45, 2.75) is 20.8 Å². The van der Waals surface area contributed by atoms with Gasteiger partial charge in [0, 0.05) is 17.9 Å². The summed E-state index contributed by atoms with van der Waals surface area (Å²) in [5.74, 6) is 1.21. The fourth-order valence-electron chi connectivity index (χ4n) is 5.18. The van der Waals surface area contributed by atoms with Crippen LogP contribution in [0.3, 0.4) is 0 Å². The molecule has 0 bridgehead atoms. The van der Waals surface area contributed by atoms with Crippen molar-refractivity contribution < 1.29 is 4.57 Å². The van der Waals surface area contributed by atoms with Crippen LogP contribution in [0.5, 0.6) is 0 Å². The summed E-state index contributed by atoms with van der Waals surface area (Å²) in [6.07, 6.45) is 4.33. The van der Waals surface area contributed by atoms with E-state index in [1.54, 1.807) is 0 Å². The number of aryl methyl sites for hydroxylation is 4. The molecule has 0 unspecified atom stereocenters. The molecule has 0 amide bonds. The minimum atomic E-state index is 1.21. The predicted octanol–water partition coefficient (Wildman–Crippen LogP) is 6.45. The number of fused-ring (bicyclic) bond motifs is 3. The van der Waals surface area contributed by atoms with Gasteiger partial charge in [0.25, 0.3) is 5.82 Å². The molecular formula is C29H26N3+. The number of hydrogen-bond acceptors (Lipinski definition) is 0. The lowest BCUT2D eigenvalue weighted by Crippen LogP contribution is -2.30. The van der Waals surface area contributed by atoms with Gasteiger partial charge in [-0.2, -0.15) is 4.57 Å². The van der Waals surface area contributed by atoms with Crippen molar-refractivity contribution in [3.63, 3.8) is 0 Å². The molecular weight excluding hydrogens is 390 g/mol. The maximum atomic E-state index is 2.45. The third-order valence-electron chi connectivity index (χ3n) is 6.74. The number of hydrogen-bond donors (Lipinski definition) is 0. The number of para-hydroxylation sites is 3. The van der Waals surface area contributed by atoms with Crippen molar-refractivity contribution in [2.75, 3.05) is 0 Å². The van der Waals surface area contributed by atoms with Crippen LogP contribution in [0, 0.1) is 20.8 Å². The summed E-state index contributed by atoms with van der Waals surface area (Å²) in [6.45, 7) is 6.64. The molecule has 0 aliphatic carbocycles. The second kappa shape index (κ2) is 6.83. The van der Waals surface area contributed by atoms with Crippen molar-refractivity contribution in [1.29, 1.82) is 0 Å². The Hall–Kier alpha value is -3.85. The lowest BCUT2D eigenvalue weighted by atomic mass is 10.0. The van der Waals surface area contributed by atoms with E-state index in [4.69, 9.17) is 0 Å². The highest BCUT2D eigenvalue weighted by Gasteiger charge is 2.28. The number of pyridine rings is 1. The summed E-state index contributed by atoms with van der Waals surface area (Å²) in [6, 6.07) is 26.5. The SMILES string of the molecule is Cc1cc2cn3cccc3cc2cc1-c1n(-c2c(C)cccc2C)c2ccccc2[n+]1C. The minimum Gasteiger partial charge on any atom is -0.323 e. The smallest absolute Gasteiger partial charge is 0.295 e. The molecule has 6 aromatic rings.